The molecule has 0 radical (unpaired) electrons. The van der Waals surface area contributed by atoms with Crippen LogP contribution in [0.4, 0.5) is 0 Å². The molecule has 0 spiro atoms. The molecule has 0 aliphatic carbocycles. The molecule has 122 valence electrons. The number of rotatable bonds is 6. The minimum absolute atomic E-state index is 0.161. The first-order valence-corrected chi connectivity index (χ1v) is 8.98. The van der Waals surface area contributed by atoms with Crippen molar-refractivity contribution in [3.63, 3.8) is 0 Å². The number of nitrogens with one attached hydrogen (secondary N) is 1. The van der Waals surface area contributed by atoms with Crippen molar-refractivity contribution in [1.82, 2.24) is 15.0 Å². The number of fused-ring (bicyclic) bond motifs is 1. The Hall–Kier alpha value is -2.37. The average molecular weight is 358 g/mol. The summed E-state index contributed by atoms with van der Waals surface area (Å²) in [5.41, 5.74) is 2.47. The molecule has 0 bridgehead atoms. The number of benzene rings is 1. The van der Waals surface area contributed by atoms with Crippen LogP contribution >= 0.6 is 23.1 Å². The predicted octanol–water partition coefficient (Wildman–Crippen LogP) is 3.31. The van der Waals surface area contributed by atoms with E-state index in [0.717, 1.165) is 22.5 Å². The van der Waals surface area contributed by atoms with Crippen molar-refractivity contribution in [2.45, 2.75) is 18.0 Å². The van der Waals surface area contributed by atoms with Crippen molar-refractivity contribution < 1.29 is 9.53 Å². The summed E-state index contributed by atoms with van der Waals surface area (Å²) in [7, 11) is 1.61. The Balaban J connectivity index is 1.70. The Bertz CT molecular complexity index is 926. The SMILES string of the molecule is COc1ccc2nc(SCC(=O)C(C#N)c3nc(C)cs3)[nH]c2c1. The summed E-state index contributed by atoms with van der Waals surface area (Å²) in [5.74, 6) is -0.0913. The second-order valence-electron chi connectivity index (χ2n) is 5.07. The minimum atomic E-state index is -0.819. The summed E-state index contributed by atoms with van der Waals surface area (Å²) in [5, 5.41) is 12.3. The summed E-state index contributed by atoms with van der Waals surface area (Å²) < 4.78 is 5.18. The number of carbonyl (C=O) groups is 1. The van der Waals surface area contributed by atoms with Gasteiger partial charge >= 0.3 is 0 Å². The molecule has 3 aromatic rings. The normalized spacial score (nSPS) is 12.0. The van der Waals surface area contributed by atoms with Gasteiger partial charge < -0.3 is 9.72 Å². The van der Waals surface area contributed by atoms with E-state index in [9.17, 15) is 10.1 Å². The Morgan fingerprint density at radius 3 is 3.00 bits per heavy atom. The molecular weight excluding hydrogens is 344 g/mol. The fraction of sp³-hybridized carbons (Fsp3) is 0.250. The number of thioether (sulfide) groups is 1. The maximum atomic E-state index is 12.3. The zero-order valence-corrected chi connectivity index (χ0v) is 14.7. The van der Waals surface area contributed by atoms with Gasteiger partial charge in [0.2, 0.25) is 0 Å². The third kappa shape index (κ3) is 3.42. The first-order chi connectivity index (χ1) is 11.6. The topological polar surface area (TPSA) is 91.7 Å². The highest BCUT2D eigenvalue weighted by molar-refractivity contribution is 7.99. The van der Waals surface area contributed by atoms with Crippen LogP contribution in [0.1, 0.15) is 16.6 Å². The predicted molar refractivity (Wildman–Crippen MR) is 93.6 cm³/mol. The first kappa shape index (κ1) is 16.5. The summed E-state index contributed by atoms with van der Waals surface area (Å²) in [6.07, 6.45) is 0. The van der Waals surface area contributed by atoms with Crippen LogP contribution in [0.2, 0.25) is 0 Å². The van der Waals surface area contributed by atoms with E-state index in [4.69, 9.17) is 4.74 Å². The highest BCUT2D eigenvalue weighted by Crippen LogP contribution is 2.26. The fourth-order valence-corrected chi connectivity index (χ4v) is 3.80. The zero-order chi connectivity index (χ0) is 17.1. The number of methoxy groups -OCH3 is 1. The van der Waals surface area contributed by atoms with Crippen molar-refractivity contribution in [2.24, 2.45) is 0 Å². The van der Waals surface area contributed by atoms with Crippen LogP contribution in [0, 0.1) is 18.3 Å². The number of hydrogen-bond acceptors (Lipinski definition) is 7. The van der Waals surface area contributed by atoms with Crippen LogP contribution in [-0.4, -0.2) is 33.6 Å². The van der Waals surface area contributed by atoms with E-state index in [-0.39, 0.29) is 11.5 Å². The molecule has 1 unspecified atom stereocenters. The Kier molecular flexibility index (Phi) is 4.83. The van der Waals surface area contributed by atoms with Crippen LogP contribution < -0.4 is 4.74 Å². The van der Waals surface area contributed by atoms with Gasteiger partial charge in [-0.3, -0.25) is 4.79 Å². The second-order valence-corrected chi connectivity index (χ2v) is 6.92. The number of nitriles is 1. The number of H-pyrrole nitrogens is 1. The maximum absolute atomic E-state index is 12.3. The molecule has 0 saturated carbocycles. The largest absolute Gasteiger partial charge is 0.497 e. The standard InChI is InChI=1S/C16H14N4O2S2/c1-9-7-23-15(18-9)11(6-17)14(21)8-24-16-19-12-4-3-10(22-2)5-13(12)20-16/h3-5,7,11H,8H2,1-2H3,(H,19,20). The average Bonchev–Trinajstić information content (AvgIpc) is 3.18. The Morgan fingerprint density at radius 2 is 2.33 bits per heavy atom. The van der Waals surface area contributed by atoms with Gasteiger partial charge in [-0.1, -0.05) is 11.8 Å². The van der Waals surface area contributed by atoms with Crippen LogP contribution in [-0.2, 0) is 4.79 Å². The summed E-state index contributed by atoms with van der Waals surface area (Å²) in [4.78, 5) is 24.2. The number of imidazole rings is 1. The van der Waals surface area contributed by atoms with Gasteiger partial charge in [-0.15, -0.1) is 11.3 Å². The van der Waals surface area contributed by atoms with Crippen molar-refractivity contribution >= 4 is 39.9 Å². The molecule has 3 rings (SSSR count). The van der Waals surface area contributed by atoms with E-state index in [1.807, 2.05) is 36.6 Å². The van der Waals surface area contributed by atoms with Gasteiger partial charge in [-0.2, -0.15) is 5.26 Å². The molecule has 1 atom stereocenters. The van der Waals surface area contributed by atoms with E-state index in [2.05, 4.69) is 15.0 Å². The lowest BCUT2D eigenvalue weighted by Gasteiger charge is -2.03. The maximum Gasteiger partial charge on any atom is 0.167 e. The summed E-state index contributed by atoms with van der Waals surface area (Å²) in [6, 6.07) is 7.59. The molecule has 2 heterocycles. The molecule has 0 aliphatic rings. The number of aryl methyl sites for hydroxylation is 1. The molecule has 1 aromatic carbocycles. The monoisotopic (exact) mass is 358 g/mol. The number of Topliss-reactive ketones (excluding diaryl/α,β-unsaturated/α-hetero) is 1. The van der Waals surface area contributed by atoms with E-state index in [1.165, 1.54) is 23.1 Å². The van der Waals surface area contributed by atoms with Crippen molar-refractivity contribution in [2.75, 3.05) is 12.9 Å². The number of nitrogens with zero attached hydrogens (tertiary/aromatic N) is 3. The fourth-order valence-electron chi connectivity index (χ4n) is 2.15. The lowest BCUT2D eigenvalue weighted by atomic mass is 10.1. The summed E-state index contributed by atoms with van der Waals surface area (Å²) >= 11 is 2.62. The molecule has 0 fully saturated rings. The van der Waals surface area contributed by atoms with Crippen LogP contribution in [0.5, 0.6) is 5.75 Å². The quantitative estimate of drug-likeness (QED) is 0.680. The molecule has 0 saturated heterocycles. The van der Waals surface area contributed by atoms with Gasteiger partial charge in [0, 0.05) is 17.1 Å². The van der Waals surface area contributed by atoms with Crippen LogP contribution in [0.25, 0.3) is 11.0 Å². The summed E-state index contributed by atoms with van der Waals surface area (Å²) in [6.45, 7) is 1.84. The van der Waals surface area contributed by atoms with Gasteiger partial charge in [-0.25, -0.2) is 9.97 Å². The van der Waals surface area contributed by atoms with Gasteiger partial charge in [0.15, 0.2) is 16.9 Å². The lowest BCUT2D eigenvalue weighted by Crippen LogP contribution is -2.13. The van der Waals surface area contributed by atoms with Gasteiger partial charge in [0.25, 0.3) is 0 Å². The molecule has 0 aliphatic heterocycles. The van der Waals surface area contributed by atoms with Gasteiger partial charge in [0.05, 0.1) is 30.0 Å². The first-order valence-electron chi connectivity index (χ1n) is 7.11. The van der Waals surface area contributed by atoms with E-state index >= 15 is 0 Å². The number of hydrogen-bond donors (Lipinski definition) is 1. The van der Waals surface area contributed by atoms with Gasteiger partial charge in [-0.05, 0) is 19.1 Å². The molecule has 0 amide bonds. The zero-order valence-electron chi connectivity index (χ0n) is 13.1. The Labute approximate surface area is 146 Å². The van der Waals surface area contributed by atoms with Crippen molar-refractivity contribution in [1.29, 1.82) is 5.26 Å². The van der Waals surface area contributed by atoms with E-state index < -0.39 is 5.92 Å². The molecule has 6 nitrogen and oxygen atoms in total. The van der Waals surface area contributed by atoms with Crippen molar-refractivity contribution in [3.05, 3.63) is 34.3 Å². The molecule has 8 heteroatoms. The smallest absolute Gasteiger partial charge is 0.167 e. The molecular formula is C16H14N4O2S2. The van der Waals surface area contributed by atoms with Gasteiger partial charge in [0.1, 0.15) is 10.8 Å². The number of ether oxygens (including phenoxy) is 1. The third-order valence-electron chi connectivity index (χ3n) is 3.35. The second kappa shape index (κ2) is 7.03. The molecule has 1 N–H and O–H groups in total. The van der Waals surface area contributed by atoms with E-state index in [1.54, 1.807) is 7.11 Å². The number of ketones is 1. The van der Waals surface area contributed by atoms with E-state index in [0.29, 0.717) is 10.2 Å². The minimum Gasteiger partial charge on any atom is -0.497 e. The third-order valence-corrected chi connectivity index (χ3v) is 5.28. The Morgan fingerprint density at radius 1 is 1.50 bits per heavy atom. The van der Waals surface area contributed by atoms with Crippen LogP contribution in [0.3, 0.4) is 0 Å². The lowest BCUT2D eigenvalue weighted by molar-refractivity contribution is -0.116. The van der Waals surface area contributed by atoms with Crippen LogP contribution in [0.15, 0.2) is 28.7 Å². The highest BCUT2D eigenvalue weighted by atomic mass is 32.2. The molecule has 2 aromatic heterocycles. The number of thiazole rings is 1. The molecule has 24 heavy (non-hydrogen) atoms. The number of carbonyl (C=O) groups excluding carboxylic acids is 1. The number of aromatic amines is 1. The number of aromatic nitrogens is 3. The van der Waals surface area contributed by atoms with Crippen molar-refractivity contribution in [3.8, 4) is 11.8 Å². The highest BCUT2D eigenvalue weighted by Gasteiger charge is 2.23.